The van der Waals surface area contributed by atoms with Crippen LogP contribution in [0.5, 0.6) is 0 Å². The van der Waals surface area contributed by atoms with Crippen LogP contribution < -0.4 is 0 Å². The minimum atomic E-state index is -1.34. The quantitative estimate of drug-likeness (QED) is 0.363. The highest BCUT2D eigenvalue weighted by Gasteiger charge is 2.45. The highest BCUT2D eigenvalue weighted by molar-refractivity contribution is 6.96. The smallest absolute Gasteiger partial charge is 0.0450 e. The molecule has 0 bridgehead atoms. The Labute approximate surface area is 198 Å². The van der Waals surface area contributed by atoms with E-state index >= 15 is 0 Å². The normalized spacial score (nSPS) is 20.7. The summed E-state index contributed by atoms with van der Waals surface area (Å²) in [5.41, 5.74) is 8.83. The van der Waals surface area contributed by atoms with Crippen LogP contribution in [0, 0.1) is 19.8 Å². The Hall–Kier alpha value is -1.65. The van der Waals surface area contributed by atoms with Gasteiger partial charge in [0.1, 0.15) is 0 Å². The van der Waals surface area contributed by atoms with Crippen molar-refractivity contribution in [2.75, 3.05) is 0 Å². The lowest BCUT2D eigenvalue weighted by molar-refractivity contribution is 0.430. The molecule has 0 spiro atoms. The predicted molar refractivity (Wildman–Crippen MR) is 149 cm³/mol. The molecule has 0 aromatic heterocycles. The van der Waals surface area contributed by atoms with Crippen molar-refractivity contribution in [2.45, 2.75) is 83.0 Å². The van der Waals surface area contributed by atoms with Crippen LogP contribution in [0.1, 0.15) is 58.1 Å². The summed E-state index contributed by atoms with van der Waals surface area (Å²) in [5, 5.41) is 0.901. The molecule has 2 aliphatic carbocycles. The van der Waals surface area contributed by atoms with Crippen LogP contribution in [-0.4, -0.2) is 16.1 Å². The zero-order valence-electron chi connectivity index (χ0n) is 21.5. The molecule has 32 heavy (non-hydrogen) atoms. The van der Waals surface area contributed by atoms with E-state index < -0.39 is 16.1 Å². The van der Waals surface area contributed by atoms with Crippen molar-refractivity contribution < 1.29 is 0 Å². The molecule has 4 rings (SSSR count). The minimum absolute atomic E-state index is 0.579. The van der Waals surface area contributed by atoms with Gasteiger partial charge in [0.05, 0.1) is 0 Å². The largest absolute Gasteiger partial charge is 0.0764 e. The lowest BCUT2D eigenvalue weighted by Gasteiger charge is -2.46. The lowest BCUT2D eigenvalue weighted by Crippen LogP contribution is -2.49. The third-order valence-electron chi connectivity index (χ3n) is 7.80. The van der Waals surface area contributed by atoms with Gasteiger partial charge < -0.3 is 0 Å². The monoisotopic (exact) mass is 458 g/mol. The Bertz CT molecular complexity index is 1030. The zero-order chi connectivity index (χ0) is 23.3. The number of allylic oxidation sites excluding steroid dienone is 2. The first-order chi connectivity index (χ1) is 14.9. The summed E-state index contributed by atoms with van der Waals surface area (Å²) in [4.78, 5) is 0. The summed E-state index contributed by atoms with van der Waals surface area (Å²) >= 11 is 0. The average molecular weight is 459 g/mol. The van der Waals surface area contributed by atoms with Crippen molar-refractivity contribution in [3.8, 4) is 0 Å². The maximum atomic E-state index is 2.63. The summed E-state index contributed by atoms with van der Waals surface area (Å²) in [6.45, 7) is 20.3. The molecule has 3 atom stereocenters. The van der Waals surface area contributed by atoms with Gasteiger partial charge in [0.25, 0.3) is 0 Å². The van der Waals surface area contributed by atoms with E-state index in [1.54, 1.807) is 11.1 Å². The predicted octanol–water partition coefficient (Wildman–Crippen LogP) is 9.21. The van der Waals surface area contributed by atoms with Crippen molar-refractivity contribution in [3.05, 3.63) is 81.9 Å². The van der Waals surface area contributed by atoms with E-state index in [9.17, 15) is 0 Å². The summed E-state index contributed by atoms with van der Waals surface area (Å²) in [6.07, 6.45) is 12.4. The second kappa shape index (κ2) is 8.61. The zero-order valence-corrected chi connectivity index (χ0v) is 23.5. The van der Waals surface area contributed by atoms with Gasteiger partial charge in [-0.1, -0.05) is 111 Å². The van der Waals surface area contributed by atoms with Crippen LogP contribution in [-0.2, 0) is 0 Å². The molecule has 0 fully saturated rings. The SMILES string of the molecule is Cc1ccc2c(c1)C(CCC(C1C=Cc3ccc(C)cc31)C([Si](C)(C)C)[Si](C)(C)C)C=C2. The molecule has 170 valence electrons. The fraction of sp³-hybridized carbons (Fsp3) is 0.467. The Balaban J connectivity index is 1.69. The van der Waals surface area contributed by atoms with Crippen LogP contribution in [0.4, 0.5) is 0 Å². The van der Waals surface area contributed by atoms with Gasteiger partial charge >= 0.3 is 0 Å². The van der Waals surface area contributed by atoms with Crippen molar-refractivity contribution in [1.82, 2.24) is 0 Å². The van der Waals surface area contributed by atoms with E-state index in [-0.39, 0.29) is 0 Å². The van der Waals surface area contributed by atoms with E-state index in [2.05, 4.69) is 114 Å². The van der Waals surface area contributed by atoms with Crippen molar-refractivity contribution >= 4 is 28.3 Å². The van der Waals surface area contributed by atoms with Gasteiger partial charge in [-0.05, 0) is 60.0 Å². The van der Waals surface area contributed by atoms with E-state index in [1.165, 1.54) is 35.1 Å². The molecule has 2 aliphatic rings. The van der Waals surface area contributed by atoms with E-state index in [4.69, 9.17) is 0 Å². The van der Waals surface area contributed by atoms with Gasteiger partial charge in [-0.25, -0.2) is 0 Å². The summed E-state index contributed by atoms with van der Waals surface area (Å²) in [6, 6.07) is 14.1. The molecule has 0 N–H and O–H groups in total. The second-order valence-corrected chi connectivity index (χ2v) is 23.9. The fourth-order valence-corrected chi connectivity index (χ4v) is 20.8. The van der Waals surface area contributed by atoms with Crippen LogP contribution in [0.2, 0.25) is 44.4 Å². The van der Waals surface area contributed by atoms with Crippen molar-refractivity contribution in [3.63, 3.8) is 0 Å². The number of hydrogen-bond donors (Lipinski definition) is 0. The molecule has 0 heterocycles. The lowest BCUT2D eigenvalue weighted by atomic mass is 9.82. The minimum Gasteiger partial charge on any atom is -0.0764 e. The van der Waals surface area contributed by atoms with Crippen LogP contribution in [0.15, 0.2) is 48.6 Å². The molecule has 0 amide bonds. The van der Waals surface area contributed by atoms with E-state index in [1.807, 2.05) is 0 Å². The molecule has 0 saturated heterocycles. The van der Waals surface area contributed by atoms with E-state index in [0.717, 1.165) is 11.1 Å². The molecule has 2 aromatic rings. The molecular formula is C30H42Si2. The first-order valence-corrected chi connectivity index (χ1v) is 19.7. The molecule has 0 saturated carbocycles. The highest BCUT2D eigenvalue weighted by Crippen LogP contribution is 2.51. The topological polar surface area (TPSA) is 0 Å². The van der Waals surface area contributed by atoms with Gasteiger partial charge in [0.15, 0.2) is 0 Å². The van der Waals surface area contributed by atoms with Gasteiger partial charge in [0.2, 0.25) is 0 Å². The Morgan fingerprint density at radius 2 is 1.25 bits per heavy atom. The van der Waals surface area contributed by atoms with Crippen molar-refractivity contribution in [1.29, 1.82) is 0 Å². The molecular weight excluding hydrogens is 417 g/mol. The summed E-state index contributed by atoms with van der Waals surface area (Å²) in [5.74, 6) is 1.91. The Morgan fingerprint density at radius 3 is 1.84 bits per heavy atom. The Morgan fingerprint density at radius 1 is 0.719 bits per heavy atom. The molecule has 0 aliphatic heterocycles. The van der Waals surface area contributed by atoms with Crippen LogP contribution in [0.25, 0.3) is 12.2 Å². The van der Waals surface area contributed by atoms with Crippen molar-refractivity contribution in [2.24, 2.45) is 5.92 Å². The highest BCUT2D eigenvalue weighted by atomic mass is 28.4. The maximum Gasteiger partial charge on any atom is 0.0450 e. The number of rotatable bonds is 7. The first-order valence-electron chi connectivity index (χ1n) is 12.5. The van der Waals surface area contributed by atoms with Gasteiger partial charge in [-0.3, -0.25) is 0 Å². The summed E-state index contributed by atoms with van der Waals surface area (Å²) < 4.78 is 0. The number of benzene rings is 2. The average Bonchev–Trinajstić information content (AvgIpc) is 3.26. The standard InChI is InChI=1S/C30H42Si2/c1-21-9-11-23-13-14-24(28(23)19-21)16-18-27(30(31(3,4)5)32(6,7)8)26-17-15-25-12-10-22(2)20-29(25)26/h9-15,17,19-20,24,26-27,30H,16,18H2,1-8H3. The number of fused-ring (bicyclic) bond motifs is 2. The first kappa shape index (κ1) is 23.5. The Kier molecular flexibility index (Phi) is 6.33. The molecule has 0 nitrogen and oxygen atoms in total. The number of aryl methyl sites for hydroxylation is 2. The third-order valence-corrected chi connectivity index (χ3v) is 17.6. The van der Waals surface area contributed by atoms with Gasteiger partial charge in [-0.2, -0.15) is 0 Å². The summed E-state index contributed by atoms with van der Waals surface area (Å²) in [7, 11) is -2.67. The molecule has 3 unspecified atom stereocenters. The second-order valence-electron chi connectivity index (χ2n) is 12.6. The molecule has 2 aromatic carbocycles. The third kappa shape index (κ3) is 4.68. The molecule has 2 heteroatoms. The number of hydrogen-bond acceptors (Lipinski definition) is 0. The van der Waals surface area contributed by atoms with Gasteiger partial charge in [0, 0.05) is 28.0 Å². The fourth-order valence-electron chi connectivity index (χ4n) is 7.07. The van der Waals surface area contributed by atoms with Crippen LogP contribution in [0.3, 0.4) is 0 Å². The van der Waals surface area contributed by atoms with Gasteiger partial charge in [-0.15, -0.1) is 0 Å². The van der Waals surface area contributed by atoms with Crippen LogP contribution >= 0.6 is 0 Å². The van der Waals surface area contributed by atoms with E-state index in [0.29, 0.717) is 11.8 Å². The maximum absolute atomic E-state index is 2.63. The molecule has 0 radical (unpaired) electrons.